The molecule has 1 aliphatic heterocycles. The van der Waals surface area contributed by atoms with Crippen LogP contribution >= 0.6 is 0 Å². The number of anilines is 1. The second-order valence-electron chi connectivity index (χ2n) is 8.61. The van der Waals surface area contributed by atoms with E-state index in [9.17, 15) is 14.9 Å². The van der Waals surface area contributed by atoms with Crippen LogP contribution in [0.1, 0.15) is 58.8 Å². The molecule has 1 saturated carbocycles. The molecule has 1 N–H and O–H groups in total. The molecule has 1 aromatic rings. The normalized spacial score (nSPS) is 30.4. The van der Waals surface area contributed by atoms with Gasteiger partial charge in [0.25, 0.3) is 11.6 Å². The van der Waals surface area contributed by atoms with Gasteiger partial charge in [-0.15, -0.1) is 0 Å². The minimum atomic E-state index is -0.387. The number of non-ortho nitro benzene ring substituents is 1. The Morgan fingerprint density at radius 2 is 1.79 bits per heavy atom. The molecule has 4 atom stereocenters. The van der Waals surface area contributed by atoms with Gasteiger partial charge in [-0.2, -0.15) is 0 Å². The van der Waals surface area contributed by atoms with E-state index in [1.165, 1.54) is 24.1 Å². The number of rotatable bonds is 4. The van der Waals surface area contributed by atoms with Crippen LogP contribution in [0, 0.1) is 22.0 Å². The van der Waals surface area contributed by atoms with Crippen molar-refractivity contribution in [2.24, 2.45) is 11.8 Å². The number of nitro groups is 1. The van der Waals surface area contributed by atoms with Crippen molar-refractivity contribution < 1.29 is 9.72 Å². The summed E-state index contributed by atoms with van der Waals surface area (Å²) >= 11 is 0. The number of benzene rings is 1. The van der Waals surface area contributed by atoms with Gasteiger partial charge in [-0.25, -0.2) is 0 Å². The first kappa shape index (κ1) is 19.0. The average molecular weight is 383 g/mol. The molecule has 150 valence electrons. The number of carbonyl (C=O) groups is 1. The van der Waals surface area contributed by atoms with Crippen LogP contribution in [0.2, 0.25) is 0 Å². The molecule has 1 amide bonds. The number of nitro benzene ring substituents is 1. The summed E-state index contributed by atoms with van der Waals surface area (Å²) in [5, 5.41) is 14.5. The van der Waals surface area contributed by atoms with Crippen molar-refractivity contribution in [2.75, 3.05) is 5.32 Å². The zero-order valence-corrected chi connectivity index (χ0v) is 16.7. The first-order valence-electron chi connectivity index (χ1n) is 10.5. The highest BCUT2D eigenvalue weighted by molar-refractivity contribution is 5.98. The zero-order chi connectivity index (χ0) is 19.8. The van der Waals surface area contributed by atoms with Gasteiger partial charge >= 0.3 is 0 Å². The maximum absolute atomic E-state index is 13.4. The molecular formula is C22H29N3O3. The van der Waals surface area contributed by atoms with Crippen molar-refractivity contribution in [3.8, 4) is 0 Å². The molecule has 2 aliphatic carbocycles. The maximum Gasteiger partial charge on any atom is 0.269 e. The molecule has 0 unspecified atom stereocenters. The average Bonchev–Trinajstić information content (AvgIpc) is 2.97. The summed E-state index contributed by atoms with van der Waals surface area (Å²) in [4.78, 5) is 26.0. The summed E-state index contributed by atoms with van der Waals surface area (Å²) < 4.78 is 0. The van der Waals surface area contributed by atoms with Crippen molar-refractivity contribution >= 4 is 17.3 Å². The monoisotopic (exact) mass is 383 g/mol. The minimum Gasteiger partial charge on any atom is -0.362 e. The summed E-state index contributed by atoms with van der Waals surface area (Å²) in [6.45, 7) is 4.57. The molecule has 1 fully saturated rings. The number of carbonyl (C=O) groups excluding carboxylic acids is 1. The number of nitrogens with one attached hydrogen (secondary N) is 1. The second-order valence-corrected chi connectivity index (χ2v) is 8.61. The van der Waals surface area contributed by atoms with Gasteiger partial charge in [-0.1, -0.05) is 26.7 Å². The Morgan fingerprint density at radius 3 is 2.50 bits per heavy atom. The predicted molar refractivity (Wildman–Crippen MR) is 109 cm³/mol. The molecule has 0 saturated heterocycles. The van der Waals surface area contributed by atoms with Crippen molar-refractivity contribution in [1.82, 2.24) is 4.90 Å². The van der Waals surface area contributed by atoms with Gasteiger partial charge in [0.15, 0.2) is 0 Å². The first-order valence-corrected chi connectivity index (χ1v) is 10.5. The first-order chi connectivity index (χ1) is 13.5. The molecule has 28 heavy (non-hydrogen) atoms. The smallest absolute Gasteiger partial charge is 0.269 e. The molecule has 6 heteroatoms. The Kier molecular flexibility index (Phi) is 5.13. The predicted octanol–water partition coefficient (Wildman–Crippen LogP) is 4.87. The molecule has 1 heterocycles. The van der Waals surface area contributed by atoms with E-state index in [0.29, 0.717) is 11.8 Å². The van der Waals surface area contributed by atoms with E-state index in [4.69, 9.17) is 0 Å². The highest BCUT2D eigenvalue weighted by Gasteiger charge is 2.45. The van der Waals surface area contributed by atoms with Crippen LogP contribution in [0.3, 0.4) is 0 Å². The van der Waals surface area contributed by atoms with Crippen LogP contribution in [0.15, 0.2) is 35.4 Å². The van der Waals surface area contributed by atoms with Crippen LogP contribution in [0.4, 0.5) is 11.4 Å². The lowest BCUT2D eigenvalue weighted by molar-refractivity contribution is -0.384. The van der Waals surface area contributed by atoms with Crippen LogP contribution in [-0.4, -0.2) is 27.9 Å². The lowest BCUT2D eigenvalue weighted by atomic mass is 9.77. The van der Waals surface area contributed by atoms with Crippen molar-refractivity contribution in [2.45, 2.75) is 71.0 Å². The zero-order valence-electron chi connectivity index (χ0n) is 16.7. The van der Waals surface area contributed by atoms with E-state index >= 15 is 0 Å². The Balaban J connectivity index is 1.64. The van der Waals surface area contributed by atoms with Gasteiger partial charge < -0.3 is 10.2 Å². The van der Waals surface area contributed by atoms with Crippen LogP contribution < -0.4 is 5.32 Å². The third-order valence-electron chi connectivity index (χ3n) is 7.01. The second kappa shape index (κ2) is 7.57. The maximum atomic E-state index is 13.4. The molecule has 0 spiro atoms. The van der Waals surface area contributed by atoms with Crippen molar-refractivity contribution in [3.05, 3.63) is 45.5 Å². The van der Waals surface area contributed by atoms with E-state index in [0.717, 1.165) is 49.8 Å². The highest BCUT2D eigenvalue weighted by Crippen LogP contribution is 2.42. The SMILES string of the molecule is C[C@H]1[C@H](C)CCC[C@@H]1N1C(=O)C2=C(CCCC2)[C@H]1Nc1ccc([N+](=O)[O-])cc1. The highest BCUT2D eigenvalue weighted by atomic mass is 16.6. The fraction of sp³-hybridized carbons (Fsp3) is 0.591. The quantitative estimate of drug-likeness (QED) is 0.594. The number of amides is 1. The summed E-state index contributed by atoms with van der Waals surface area (Å²) in [5.41, 5.74) is 3.15. The van der Waals surface area contributed by atoms with E-state index in [1.54, 1.807) is 12.1 Å². The van der Waals surface area contributed by atoms with Crippen LogP contribution in [0.5, 0.6) is 0 Å². The summed E-state index contributed by atoms with van der Waals surface area (Å²) in [7, 11) is 0. The summed E-state index contributed by atoms with van der Waals surface area (Å²) in [6, 6.07) is 6.78. The molecule has 4 rings (SSSR count). The Morgan fingerprint density at radius 1 is 1.07 bits per heavy atom. The third-order valence-corrected chi connectivity index (χ3v) is 7.01. The molecule has 1 aromatic carbocycles. The van der Waals surface area contributed by atoms with E-state index in [-0.39, 0.29) is 28.7 Å². The summed E-state index contributed by atoms with van der Waals surface area (Å²) in [6.07, 6.45) is 7.35. The fourth-order valence-electron chi connectivity index (χ4n) is 5.20. The van der Waals surface area contributed by atoms with Crippen LogP contribution in [-0.2, 0) is 4.79 Å². The Bertz CT molecular complexity index is 802. The van der Waals surface area contributed by atoms with Gasteiger partial charge in [0, 0.05) is 29.4 Å². The van der Waals surface area contributed by atoms with Gasteiger partial charge in [0.1, 0.15) is 6.17 Å². The standard InChI is InChI=1S/C22H29N3O3/c1-14-6-5-9-20(15(14)2)24-21(18-7-3-4-8-19(18)22(24)26)23-16-10-12-17(13-11-16)25(27)28/h10-15,20-21,23H,3-9H2,1-2H3/t14-,15+,20+,21+/m1/s1. The van der Waals surface area contributed by atoms with Crippen LogP contribution in [0.25, 0.3) is 0 Å². The fourth-order valence-corrected chi connectivity index (χ4v) is 5.20. The Hall–Kier alpha value is -2.37. The molecule has 3 aliphatic rings. The molecule has 0 bridgehead atoms. The van der Waals surface area contributed by atoms with Gasteiger partial charge in [0.05, 0.1) is 4.92 Å². The van der Waals surface area contributed by atoms with Gasteiger partial charge in [-0.05, 0) is 61.6 Å². The lowest BCUT2D eigenvalue weighted by Gasteiger charge is -2.43. The number of nitrogens with zero attached hydrogens (tertiary/aromatic N) is 2. The Labute approximate surface area is 166 Å². The van der Waals surface area contributed by atoms with Gasteiger partial charge in [-0.3, -0.25) is 14.9 Å². The topological polar surface area (TPSA) is 75.5 Å². The minimum absolute atomic E-state index is 0.0807. The van der Waals surface area contributed by atoms with E-state index < -0.39 is 0 Å². The lowest BCUT2D eigenvalue weighted by Crippen LogP contribution is -2.52. The van der Waals surface area contributed by atoms with E-state index in [1.807, 2.05) is 0 Å². The third kappa shape index (κ3) is 3.29. The largest absolute Gasteiger partial charge is 0.362 e. The molecule has 6 nitrogen and oxygen atoms in total. The van der Waals surface area contributed by atoms with Crippen molar-refractivity contribution in [1.29, 1.82) is 0 Å². The number of hydrogen-bond acceptors (Lipinski definition) is 4. The van der Waals surface area contributed by atoms with Crippen molar-refractivity contribution in [3.63, 3.8) is 0 Å². The van der Waals surface area contributed by atoms with E-state index in [2.05, 4.69) is 24.1 Å². The van der Waals surface area contributed by atoms with Gasteiger partial charge in [0.2, 0.25) is 0 Å². The molecule has 0 aromatic heterocycles. The molecular weight excluding hydrogens is 354 g/mol. The summed E-state index contributed by atoms with van der Waals surface area (Å²) in [5.74, 6) is 1.30. The molecule has 0 radical (unpaired) electrons. The number of hydrogen-bond donors (Lipinski definition) is 1.